The van der Waals surface area contributed by atoms with E-state index in [9.17, 15) is 0 Å². The first-order valence-electron chi connectivity index (χ1n) is 2.28. The summed E-state index contributed by atoms with van der Waals surface area (Å²) in [6.07, 6.45) is 0. The SMILES string of the molecule is C1COCCN1.[Eu]. The van der Waals surface area contributed by atoms with Crippen LogP contribution in [0.5, 0.6) is 0 Å². The van der Waals surface area contributed by atoms with Crippen molar-refractivity contribution in [3.8, 4) is 0 Å². The van der Waals surface area contributed by atoms with Crippen LogP contribution in [0.3, 0.4) is 0 Å². The van der Waals surface area contributed by atoms with Crippen LogP contribution in [0, 0.1) is 49.4 Å². The van der Waals surface area contributed by atoms with Crippen LogP contribution in [0.15, 0.2) is 0 Å². The number of nitrogens with one attached hydrogen (secondary N) is 1. The second-order valence-electron chi connectivity index (χ2n) is 1.36. The first-order chi connectivity index (χ1) is 3.00. The van der Waals surface area contributed by atoms with E-state index in [1.165, 1.54) is 0 Å². The van der Waals surface area contributed by atoms with E-state index in [-0.39, 0.29) is 49.4 Å². The zero-order valence-electron chi connectivity index (χ0n) is 4.11. The molecule has 1 fully saturated rings. The van der Waals surface area contributed by atoms with E-state index >= 15 is 0 Å². The molecule has 0 aromatic rings. The van der Waals surface area contributed by atoms with E-state index < -0.39 is 0 Å². The minimum atomic E-state index is 0. The summed E-state index contributed by atoms with van der Waals surface area (Å²) in [5.41, 5.74) is 0. The van der Waals surface area contributed by atoms with Gasteiger partial charge in [0.1, 0.15) is 0 Å². The van der Waals surface area contributed by atoms with Gasteiger partial charge in [0, 0.05) is 62.5 Å². The molecule has 0 amide bonds. The van der Waals surface area contributed by atoms with Crippen LogP contribution in [0.2, 0.25) is 0 Å². The van der Waals surface area contributed by atoms with Crippen LogP contribution in [0.1, 0.15) is 0 Å². The number of ether oxygens (including phenoxy) is 1. The summed E-state index contributed by atoms with van der Waals surface area (Å²) < 4.78 is 5.01. The van der Waals surface area contributed by atoms with Gasteiger partial charge in [0.25, 0.3) is 0 Å². The minimum absolute atomic E-state index is 0. The van der Waals surface area contributed by atoms with Crippen molar-refractivity contribution in [1.82, 2.24) is 5.32 Å². The first-order valence-corrected chi connectivity index (χ1v) is 2.28. The van der Waals surface area contributed by atoms with Gasteiger partial charge in [-0.3, -0.25) is 0 Å². The molecule has 43 valence electrons. The van der Waals surface area contributed by atoms with E-state index in [1.807, 2.05) is 0 Å². The third kappa shape index (κ3) is 4.04. The fraction of sp³-hybridized carbons (Fsp3) is 1.00. The summed E-state index contributed by atoms with van der Waals surface area (Å²) in [7, 11) is 0. The Bertz CT molecular complexity index is 27.2. The van der Waals surface area contributed by atoms with Gasteiger partial charge in [0.2, 0.25) is 0 Å². The monoisotopic (exact) mass is 240 g/mol. The molecule has 0 unspecified atom stereocenters. The van der Waals surface area contributed by atoms with Crippen molar-refractivity contribution in [2.24, 2.45) is 0 Å². The third-order valence-corrected chi connectivity index (χ3v) is 0.846. The summed E-state index contributed by atoms with van der Waals surface area (Å²) in [4.78, 5) is 0. The van der Waals surface area contributed by atoms with Crippen molar-refractivity contribution in [2.75, 3.05) is 26.3 Å². The summed E-state index contributed by atoms with van der Waals surface area (Å²) in [5.74, 6) is 0. The van der Waals surface area contributed by atoms with Crippen molar-refractivity contribution in [3.63, 3.8) is 0 Å². The second kappa shape index (κ2) is 5.64. The van der Waals surface area contributed by atoms with Crippen LogP contribution in [0.4, 0.5) is 0 Å². The Balaban J connectivity index is 0.000000360. The van der Waals surface area contributed by atoms with Crippen LogP contribution < -0.4 is 5.32 Å². The third-order valence-electron chi connectivity index (χ3n) is 0.846. The van der Waals surface area contributed by atoms with Crippen molar-refractivity contribution in [1.29, 1.82) is 0 Å². The molecule has 0 aromatic heterocycles. The van der Waals surface area contributed by atoms with Crippen molar-refractivity contribution in [3.05, 3.63) is 0 Å². The quantitative estimate of drug-likeness (QED) is 0.621. The maximum Gasteiger partial charge on any atom is 0.0591 e. The molecule has 0 atom stereocenters. The van der Waals surface area contributed by atoms with Crippen LogP contribution >= 0.6 is 0 Å². The Kier molecular flexibility index (Phi) is 6.85. The smallest absolute Gasteiger partial charge is 0.0591 e. The van der Waals surface area contributed by atoms with Gasteiger partial charge in [-0.2, -0.15) is 0 Å². The molecule has 3 heteroatoms. The number of hydrogen-bond donors (Lipinski definition) is 1. The number of rotatable bonds is 0. The maximum absolute atomic E-state index is 5.01. The molecule has 0 aromatic carbocycles. The van der Waals surface area contributed by atoms with E-state index in [0.29, 0.717) is 0 Å². The molecule has 0 aliphatic carbocycles. The molecule has 2 nitrogen and oxygen atoms in total. The molecule has 7 heavy (non-hydrogen) atoms. The zero-order valence-corrected chi connectivity index (χ0v) is 6.54. The predicted molar refractivity (Wildman–Crippen MR) is 23.7 cm³/mol. The van der Waals surface area contributed by atoms with E-state index in [2.05, 4.69) is 5.32 Å². The van der Waals surface area contributed by atoms with E-state index in [1.54, 1.807) is 0 Å². The Labute approximate surface area is 84.5 Å². The second-order valence-corrected chi connectivity index (χ2v) is 1.36. The molecule has 0 spiro atoms. The summed E-state index contributed by atoms with van der Waals surface area (Å²) in [6, 6.07) is 0. The van der Waals surface area contributed by atoms with Gasteiger partial charge in [0.15, 0.2) is 0 Å². The Morgan fingerprint density at radius 1 is 1.14 bits per heavy atom. The standard InChI is InChI=1S/C4H9NO.Eu/c1-3-6-4-2-5-1;/h5H,1-4H2;. The molecule has 0 bridgehead atoms. The van der Waals surface area contributed by atoms with Gasteiger partial charge in [0.05, 0.1) is 13.2 Å². The number of hydrogen-bond acceptors (Lipinski definition) is 2. The number of morpholine rings is 1. The average Bonchev–Trinajstić information content (AvgIpc) is 1.72. The fourth-order valence-corrected chi connectivity index (χ4v) is 0.516. The largest absolute Gasteiger partial charge is 0.379 e. The fourth-order valence-electron chi connectivity index (χ4n) is 0.516. The first kappa shape index (κ1) is 8.50. The molecule has 0 saturated carbocycles. The van der Waals surface area contributed by atoms with Gasteiger partial charge in [-0.05, 0) is 0 Å². The van der Waals surface area contributed by atoms with Gasteiger partial charge in [-0.15, -0.1) is 0 Å². The summed E-state index contributed by atoms with van der Waals surface area (Å²) in [6.45, 7) is 3.83. The van der Waals surface area contributed by atoms with Crippen LogP contribution in [-0.4, -0.2) is 26.3 Å². The molecule has 1 aliphatic heterocycles. The zero-order chi connectivity index (χ0) is 4.24. The van der Waals surface area contributed by atoms with E-state index in [4.69, 9.17) is 4.74 Å². The summed E-state index contributed by atoms with van der Waals surface area (Å²) >= 11 is 0. The average molecular weight is 239 g/mol. The van der Waals surface area contributed by atoms with Crippen LogP contribution in [-0.2, 0) is 4.74 Å². The van der Waals surface area contributed by atoms with Crippen LogP contribution in [0.25, 0.3) is 0 Å². The van der Waals surface area contributed by atoms with Crippen molar-refractivity contribution < 1.29 is 54.1 Å². The molecule has 1 heterocycles. The molecule has 1 aliphatic rings. The topological polar surface area (TPSA) is 21.3 Å². The van der Waals surface area contributed by atoms with Gasteiger partial charge < -0.3 is 10.1 Å². The molecule has 1 radical (unpaired) electrons. The van der Waals surface area contributed by atoms with Crippen molar-refractivity contribution in [2.45, 2.75) is 0 Å². The minimum Gasteiger partial charge on any atom is -0.379 e. The Morgan fingerprint density at radius 2 is 1.71 bits per heavy atom. The van der Waals surface area contributed by atoms with E-state index in [0.717, 1.165) is 26.3 Å². The predicted octanol–water partition coefficient (Wildman–Crippen LogP) is -0.394. The van der Waals surface area contributed by atoms with Crippen molar-refractivity contribution >= 4 is 0 Å². The molecule has 1 N–H and O–H groups in total. The Hall–Kier alpha value is 1.50. The summed E-state index contributed by atoms with van der Waals surface area (Å²) in [5, 5.41) is 3.16. The van der Waals surface area contributed by atoms with Gasteiger partial charge in [-0.1, -0.05) is 0 Å². The van der Waals surface area contributed by atoms with Gasteiger partial charge in [-0.25, -0.2) is 0 Å². The molecule has 1 rings (SSSR count). The normalized spacial score (nSPS) is 20.6. The maximum atomic E-state index is 5.01. The molecular weight excluding hydrogens is 230 g/mol. The molecular formula is C4H9EuNO. The molecule has 1 saturated heterocycles. The Morgan fingerprint density at radius 3 is 1.86 bits per heavy atom. The van der Waals surface area contributed by atoms with Gasteiger partial charge >= 0.3 is 0 Å².